The maximum Gasteiger partial charge on any atom is 0.252 e. The summed E-state index contributed by atoms with van der Waals surface area (Å²) in [6, 6.07) is 1.64. The molecule has 2 N–H and O–H groups in total. The maximum absolute atomic E-state index is 11.8. The number of nitrogens with zero attached hydrogens (tertiary/aromatic N) is 1. The second-order valence-electron chi connectivity index (χ2n) is 3.69. The lowest BCUT2D eigenvalue weighted by Crippen LogP contribution is -2.25. The fourth-order valence-corrected chi connectivity index (χ4v) is 2.05. The van der Waals surface area contributed by atoms with Crippen LogP contribution < -0.4 is 10.6 Å². The molecule has 0 saturated carbocycles. The zero-order chi connectivity index (χ0) is 13.4. The number of halogens is 1. The number of aromatic nitrogens is 1. The number of pyridine rings is 1. The first-order valence-corrected chi connectivity index (χ1v) is 7.62. The second kappa shape index (κ2) is 8.21. The van der Waals surface area contributed by atoms with Gasteiger partial charge in [0.05, 0.1) is 10.6 Å². The molecule has 6 heteroatoms. The Balaban J connectivity index is 2.55. The van der Waals surface area contributed by atoms with E-state index in [0.29, 0.717) is 22.9 Å². The summed E-state index contributed by atoms with van der Waals surface area (Å²) in [5.74, 6) is 1.52. The van der Waals surface area contributed by atoms with Gasteiger partial charge in [-0.1, -0.05) is 11.6 Å². The van der Waals surface area contributed by atoms with Crippen LogP contribution in [0.2, 0.25) is 5.02 Å². The summed E-state index contributed by atoms with van der Waals surface area (Å²) in [7, 11) is 0. The van der Waals surface area contributed by atoms with Crippen molar-refractivity contribution in [2.24, 2.45) is 0 Å². The summed E-state index contributed by atoms with van der Waals surface area (Å²) in [6.07, 6.45) is 4.54. The van der Waals surface area contributed by atoms with Crippen LogP contribution in [0.25, 0.3) is 0 Å². The highest BCUT2D eigenvalue weighted by Crippen LogP contribution is 2.19. The van der Waals surface area contributed by atoms with Gasteiger partial charge >= 0.3 is 0 Å². The molecular weight excluding hydrogens is 270 g/mol. The van der Waals surface area contributed by atoms with Gasteiger partial charge in [-0.15, -0.1) is 0 Å². The molecule has 0 bridgehead atoms. The average molecular weight is 288 g/mol. The van der Waals surface area contributed by atoms with Crippen LogP contribution in [0.5, 0.6) is 0 Å². The Bertz CT molecular complexity index is 401. The van der Waals surface area contributed by atoms with Gasteiger partial charge in [-0.2, -0.15) is 11.8 Å². The van der Waals surface area contributed by atoms with Gasteiger partial charge in [0.1, 0.15) is 5.82 Å². The van der Waals surface area contributed by atoms with E-state index >= 15 is 0 Å². The van der Waals surface area contributed by atoms with Gasteiger partial charge in [0.2, 0.25) is 0 Å². The molecule has 1 amide bonds. The van der Waals surface area contributed by atoms with Gasteiger partial charge in [0, 0.05) is 19.3 Å². The minimum absolute atomic E-state index is 0.131. The molecule has 1 heterocycles. The van der Waals surface area contributed by atoms with Crippen LogP contribution in [0.4, 0.5) is 5.82 Å². The molecule has 1 aromatic heterocycles. The van der Waals surface area contributed by atoms with E-state index in [2.05, 4.69) is 15.6 Å². The Morgan fingerprint density at radius 1 is 1.56 bits per heavy atom. The highest BCUT2D eigenvalue weighted by atomic mass is 35.5. The third kappa shape index (κ3) is 4.74. The number of anilines is 1. The fourth-order valence-electron chi connectivity index (χ4n) is 1.38. The predicted molar refractivity (Wildman–Crippen MR) is 78.7 cm³/mol. The van der Waals surface area contributed by atoms with E-state index in [1.807, 2.05) is 13.2 Å². The van der Waals surface area contributed by atoms with Crippen LogP contribution in [-0.2, 0) is 0 Å². The van der Waals surface area contributed by atoms with Crippen molar-refractivity contribution in [1.82, 2.24) is 10.3 Å². The first kappa shape index (κ1) is 15.1. The van der Waals surface area contributed by atoms with Crippen molar-refractivity contribution >= 4 is 35.1 Å². The predicted octanol–water partition coefficient (Wildman–Crippen LogP) is 2.65. The summed E-state index contributed by atoms with van der Waals surface area (Å²) in [5, 5.41) is 6.33. The molecule has 0 aliphatic carbocycles. The monoisotopic (exact) mass is 287 g/mol. The van der Waals surface area contributed by atoms with Crippen LogP contribution in [-0.4, -0.2) is 36.0 Å². The van der Waals surface area contributed by atoms with Gasteiger partial charge in [0.25, 0.3) is 5.91 Å². The topological polar surface area (TPSA) is 54.0 Å². The molecule has 0 aliphatic rings. The third-order valence-corrected chi connectivity index (χ3v) is 3.24. The van der Waals surface area contributed by atoms with Crippen LogP contribution in [0.1, 0.15) is 23.7 Å². The molecule has 0 atom stereocenters. The lowest BCUT2D eigenvalue weighted by molar-refractivity contribution is 0.0953. The summed E-state index contributed by atoms with van der Waals surface area (Å²) in [5.41, 5.74) is 0.491. The fraction of sp³-hybridized carbons (Fsp3) is 0.500. The van der Waals surface area contributed by atoms with Crippen LogP contribution in [0.3, 0.4) is 0 Å². The Labute approximate surface area is 117 Å². The zero-order valence-corrected chi connectivity index (χ0v) is 12.2. The minimum atomic E-state index is -0.131. The summed E-state index contributed by atoms with van der Waals surface area (Å²) in [6.45, 7) is 3.38. The van der Waals surface area contributed by atoms with Gasteiger partial charge in [0.15, 0.2) is 0 Å². The van der Waals surface area contributed by atoms with E-state index in [1.54, 1.807) is 17.8 Å². The van der Waals surface area contributed by atoms with E-state index in [4.69, 9.17) is 11.6 Å². The number of rotatable bonds is 7. The van der Waals surface area contributed by atoms with Gasteiger partial charge in [-0.3, -0.25) is 4.79 Å². The number of hydrogen-bond donors (Lipinski definition) is 2. The van der Waals surface area contributed by atoms with Crippen molar-refractivity contribution in [1.29, 1.82) is 0 Å². The first-order valence-electron chi connectivity index (χ1n) is 5.85. The molecular formula is C12H18ClN3OS. The lowest BCUT2D eigenvalue weighted by atomic mass is 10.2. The summed E-state index contributed by atoms with van der Waals surface area (Å²) >= 11 is 7.79. The molecule has 0 saturated heterocycles. The molecule has 0 radical (unpaired) electrons. The van der Waals surface area contributed by atoms with Crippen LogP contribution >= 0.6 is 23.4 Å². The molecule has 0 aromatic carbocycles. The van der Waals surface area contributed by atoms with E-state index in [9.17, 15) is 4.79 Å². The normalized spacial score (nSPS) is 10.2. The number of carbonyl (C=O) groups excluding carboxylic acids is 1. The second-order valence-corrected chi connectivity index (χ2v) is 5.08. The Kier molecular flexibility index (Phi) is 6.90. The Morgan fingerprint density at radius 2 is 2.33 bits per heavy atom. The van der Waals surface area contributed by atoms with Crippen LogP contribution in [0, 0.1) is 0 Å². The molecule has 1 rings (SSSR count). The van der Waals surface area contributed by atoms with Crippen LogP contribution in [0.15, 0.2) is 12.3 Å². The molecule has 1 aromatic rings. The number of thioether (sulfide) groups is 1. The van der Waals surface area contributed by atoms with E-state index in [0.717, 1.165) is 18.7 Å². The smallest absolute Gasteiger partial charge is 0.252 e. The standard InChI is InChI=1S/C12H18ClN3OS/c1-3-14-11-10(13)7-9(8-16-11)12(17)15-5-4-6-18-2/h7-8H,3-6H2,1-2H3,(H,14,16)(H,15,17). The van der Waals surface area contributed by atoms with Crippen molar-refractivity contribution in [2.75, 3.05) is 30.4 Å². The van der Waals surface area contributed by atoms with Crippen molar-refractivity contribution in [3.8, 4) is 0 Å². The summed E-state index contributed by atoms with van der Waals surface area (Å²) in [4.78, 5) is 15.9. The number of hydrogen-bond acceptors (Lipinski definition) is 4. The quantitative estimate of drug-likeness (QED) is 0.757. The molecule has 18 heavy (non-hydrogen) atoms. The molecule has 0 fully saturated rings. The van der Waals surface area contributed by atoms with Gasteiger partial charge in [-0.25, -0.2) is 4.98 Å². The molecule has 0 aliphatic heterocycles. The van der Waals surface area contributed by atoms with Crippen molar-refractivity contribution in [3.63, 3.8) is 0 Å². The highest BCUT2D eigenvalue weighted by Gasteiger charge is 2.08. The van der Waals surface area contributed by atoms with E-state index in [-0.39, 0.29) is 5.91 Å². The Hall–Kier alpha value is -0.940. The number of carbonyl (C=O) groups is 1. The first-order chi connectivity index (χ1) is 8.69. The minimum Gasteiger partial charge on any atom is -0.369 e. The molecule has 4 nitrogen and oxygen atoms in total. The highest BCUT2D eigenvalue weighted by molar-refractivity contribution is 7.98. The van der Waals surface area contributed by atoms with Crippen molar-refractivity contribution in [3.05, 3.63) is 22.8 Å². The Morgan fingerprint density at radius 3 is 2.94 bits per heavy atom. The number of nitrogens with one attached hydrogen (secondary N) is 2. The SMILES string of the molecule is CCNc1ncc(C(=O)NCCCSC)cc1Cl. The third-order valence-electron chi connectivity index (χ3n) is 2.26. The summed E-state index contributed by atoms with van der Waals surface area (Å²) < 4.78 is 0. The van der Waals surface area contributed by atoms with E-state index < -0.39 is 0 Å². The van der Waals surface area contributed by atoms with E-state index in [1.165, 1.54) is 6.20 Å². The zero-order valence-electron chi connectivity index (χ0n) is 10.6. The number of amides is 1. The van der Waals surface area contributed by atoms with Gasteiger partial charge < -0.3 is 10.6 Å². The maximum atomic E-state index is 11.8. The largest absolute Gasteiger partial charge is 0.369 e. The average Bonchev–Trinajstić information content (AvgIpc) is 2.37. The van der Waals surface area contributed by atoms with Crippen molar-refractivity contribution in [2.45, 2.75) is 13.3 Å². The lowest BCUT2D eigenvalue weighted by Gasteiger charge is -2.07. The van der Waals surface area contributed by atoms with Gasteiger partial charge in [-0.05, 0) is 31.4 Å². The van der Waals surface area contributed by atoms with Crippen molar-refractivity contribution < 1.29 is 4.79 Å². The molecule has 0 spiro atoms. The molecule has 100 valence electrons. The molecule has 0 unspecified atom stereocenters.